The second-order valence-corrected chi connectivity index (χ2v) is 9.41. The largest absolute Gasteiger partial charge is 0.491 e. The molecule has 0 amide bonds. The van der Waals surface area contributed by atoms with E-state index in [4.69, 9.17) is 14.0 Å². The van der Waals surface area contributed by atoms with E-state index in [1.165, 1.54) is 11.3 Å². The highest BCUT2D eigenvalue weighted by Crippen LogP contribution is 2.29. The first-order valence-electron chi connectivity index (χ1n) is 12.5. The third-order valence-corrected chi connectivity index (χ3v) is 6.62. The number of nitrogens with zero attached hydrogens (tertiary/aromatic N) is 5. The predicted octanol–water partition coefficient (Wildman–Crippen LogP) is 4.76. The lowest BCUT2D eigenvalue weighted by atomic mass is 10.0. The third-order valence-electron chi connectivity index (χ3n) is 6.62. The average molecular weight is 488 g/mol. The number of ether oxygens (including phenoxy) is 2. The molecule has 1 aliphatic heterocycles. The van der Waals surface area contributed by atoms with Crippen LogP contribution in [-0.4, -0.2) is 66.5 Å². The Hall–Kier alpha value is -3.49. The molecule has 1 fully saturated rings. The molecule has 0 aliphatic carbocycles. The van der Waals surface area contributed by atoms with Gasteiger partial charge in [0, 0.05) is 62.2 Å². The Kier molecular flexibility index (Phi) is 7.44. The van der Waals surface area contributed by atoms with Crippen molar-refractivity contribution >= 4 is 16.6 Å². The van der Waals surface area contributed by atoms with Crippen LogP contribution in [0.1, 0.15) is 31.2 Å². The monoisotopic (exact) mass is 487 g/mol. The summed E-state index contributed by atoms with van der Waals surface area (Å²) in [5, 5.41) is 5.36. The average Bonchev–Trinajstić information content (AvgIpc) is 3.37. The zero-order valence-electron chi connectivity index (χ0n) is 21.2. The maximum absolute atomic E-state index is 5.75. The van der Waals surface area contributed by atoms with Crippen molar-refractivity contribution in [3.05, 3.63) is 66.1 Å². The molecule has 1 aliphatic rings. The Morgan fingerprint density at radius 1 is 0.972 bits per heavy atom. The van der Waals surface area contributed by atoms with Crippen LogP contribution < -0.4 is 9.64 Å². The fraction of sp³-hybridized carbons (Fsp3) is 0.393. The molecule has 0 atom stereocenters. The van der Waals surface area contributed by atoms with Crippen molar-refractivity contribution in [2.75, 3.05) is 51.4 Å². The standard InChI is InChI=1S/C28H33N5O3/c1-20(2)21-4-6-22(7-5-21)28-30-27(31-36-28)19-32-12-14-33(15-13-32)26-10-11-29-25-18-23(8-9-24(25)26)35-17-16-34-3/h4-11,18,20H,12-17,19H2,1-3H3. The van der Waals surface area contributed by atoms with Gasteiger partial charge in [-0.05, 0) is 41.8 Å². The van der Waals surface area contributed by atoms with E-state index in [9.17, 15) is 0 Å². The van der Waals surface area contributed by atoms with E-state index in [0.717, 1.165) is 54.2 Å². The third kappa shape index (κ3) is 5.50. The molecule has 0 unspecified atom stereocenters. The van der Waals surface area contributed by atoms with Gasteiger partial charge in [-0.1, -0.05) is 31.1 Å². The zero-order chi connectivity index (χ0) is 24.9. The van der Waals surface area contributed by atoms with Gasteiger partial charge in [-0.15, -0.1) is 0 Å². The molecule has 5 rings (SSSR count). The lowest BCUT2D eigenvalue weighted by Gasteiger charge is -2.36. The summed E-state index contributed by atoms with van der Waals surface area (Å²) in [5.74, 6) is 2.61. The fourth-order valence-electron chi connectivity index (χ4n) is 4.51. The normalized spacial score (nSPS) is 14.6. The first-order chi connectivity index (χ1) is 17.6. The smallest absolute Gasteiger partial charge is 0.257 e. The highest BCUT2D eigenvalue weighted by atomic mass is 16.5. The molecular formula is C28H33N5O3. The molecule has 8 nitrogen and oxygen atoms in total. The van der Waals surface area contributed by atoms with Crippen molar-refractivity contribution < 1.29 is 14.0 Å². The van der Waals surface area contributed by atoms with Crippen LogP contribution in [-0.2, 0) is 11.3 Å². The second kappa shape index (κ2) is 11.1. The van der Waals surface area contributed by atoms with Gasteiger partial charge >= 0.3 is 0 Å². The van der Waals surface area contributed by atoms with Crippen LogP contribution in [0, 0.1) is 0 Å². The summed E-state index contributed by atoms with van der Waals surface area (Å²) in [5.41, 5.74) is 4.40. The summed E-state index contributed by atoms with van der Waals surface area (Å²) in [6.45, 7) is 9.84. The highest BCUT2D eigenvalue weighted by molar-refractivity contribution is 5.92. The van der Waals surface area contributed by atoms with Gasteiger partial charge in [-0.2, -0.15) is 4.98 Å². The van der Waals surface area contributed by atoms with E-state index in [-0.39, 0.29) is 0 Å². The maximum Gasteiger partial charge on any atom is 0.257 e. The van der Waals surface area contributed by atoms with Gasteiger partial charge in [0.1, 0.15) is 12.4 Å². The number of fused-ring (bicyclic) bond motifs is 1. The molecule has 0 saturated carbocycles. The Morgan fingerprint density at radius 3 is 2.53 bits per heavy atom. The van der Waals surface area contributed by atoms with Gasteiger partial charge in [-0.25, -0.2) is 0 Å². The molecule has 0 bridgehead atoms. The van der Waals surface area contributed by atoms with Crippen molar-refractivity contribution in [2.45, 2.75) is 26.3 Å². The summed E-state index contributed by atoms with van der Waals surface area (Å²) < 4.78 is 16.4. The Morgan fingerprint density at radius 2 is 1.78 bits per heavy atom. The highest BCUT2D eigenvalue weighted by Gasteiger charge is 2.21. The number of pyridine rings is 1. The molecule has 188 valence electrons. The van der Waals surface area contributed by atoms with Gasteiger partial charge in [0.15, 0.2) is 5.82 Å². The van der Waals surface area contributed by atoms with E-state index in [0.29, 0.717) is 31.6 Å². The number of methoxy groups -OCH3 is 1. The number of hydrogen-bond acceptors (Lipinski definition) is 8. The number of anilines is 1. The molecule has 4 aromatic rings. The molecule has 36 heavy (non-hydrogen) atoms. The minimum atomic E-state index is 0.499. The van der Waals surface area contributed by atoms with Crippen LogP contribution in [0.25, 0.3) is 22.4 Å². The van der Waals surface area contributed by atoms with E-state index in [1.807, 2.05) is 18.3 Å². The predicted molar refractivity (Wildman–Crippen MR) is 140 cm³/mol. The molecule has 0 spiro atoms. The fourth-order valence-corrected chi connectivity index (χ4v) is 4.51. The Bertz CT molecular complexity index is 1280. The van der Waals surface area contributed by atoms with Gasteiger partial charge in [0.25, 0.3) is 5.89 Å². The van der Waals surface area contributed by atoms with Crippen molar-refractivity contribution in [1.82, 2.24) is 20.0 Å². The number of rotatable bonds is 9. The van der Waals surface area contributed by atoms with Crippen LogP contribution in [0.2, 0.25) is 0 Å². The van der Waals surface area contributed by atoms with Gasteiger partial charge in [0.05, 0.1) is 18.7 Å². The van der Waals surface area contributed by atoms with Gasteiger partial charge in [-0.3, -0.25) is 9.88 Å². The number of benzene rings is 2. The molecular weight excluding hydrogens is 454 g/mol. The summed E-state index contributed by atoms with van der Waals surface area (Å²) in [6.07, 6.45) is 1.87. The molecule has 2 aromatic carbocycles. The summed E-state index contributed by atoms with van der Waals surface area (Å²) in [7, 11) is 1.67. The van der Waals surface area contributed by atoms with E-state index in [2.05, 4.69) is 75.2 Å². The molecule has 0 N–H and O–H groups in total. The minimum Gasteiger partial charge on any atom is -0.491 e. The van der Waals surface area contributed by atoms with Gasteiger partial charge < -0.3 is 18.9 Å². The van der Waals surface area contributed by atoms with Gasteiger partial charge in [0.2, 0.25) is 0 Å². The first-order valence-corrected chi connectivity index (χ1v) is 12.5. The summed E-state index contributed by atoms with van der Waals surface area (Å²) in [4.78, 5) is 14.0. The Labute approximate surface area is 211 Å². The summed E-state index contributed by atoms with van der Waals surface area (Å²) in [6, 6.07) is 16.6. The summed E-state index contributed by atoms with van der Waals surface area (Å²) >= 11 is 0. The van der Waals surface area contributed by atoms with Crippen LogP contribution in [0.15, 0.2) is 59.3 Å². The van der Waals surface area contributed by atoms with Crippen molar-refractivity contribution in [2.24, 2.45) is 0 Å². The van der Waals surface area contributed by atoms with E-state index in [1.54, 1.807) is 7.11 Å². The first kappa shape index (κ1) is 24.2. The molecule has 0 radical (unpaired) electrons. The molecule has 1 saturated heterocycles. The number of hydrogen-bond donors (Lipinski definition) is 0. The van der Waals surface area contributed by atoms with Crippen LogP contribution >= 0.6 is 0 Å². The van der Waals surface area contributed by atoms with Crippen molar-refractivity contribution in [3.8, 4) is 17.2 Å². The zero-order valence-corrected chi connectivity index (χ0v) is 21.2. The molecule has 2 aromatic heterocycles. The lowest BCUT2D eigenvalue weighted by molar-refractivity contribution is 0.146. The van der Waals surface area contributed by atoms with Crippen LogP contribution in [0.4, 0.5) is 5.69 Å². The molecule has 8 heteroatoms. The van der Waals surface area contributed by atoms with E-state index >= 15 is 0 Å². The number of aromatic nitrogens is 3. The SMILES string of the molecule is COCCOc1ccc2c(N3CCN(Cc4noc(-c5ccc(C(C)C)cc5)n4)CC3)ccnc2c1. The Balaban J connectivity index is 1.19. The van der Waals surface area contributed by atoms with Crippen LogP contribution in [0.3, 0.4) is 0 Å². The lowest BCUT2D eigenvalue weighted by Crippen LogP contribution is -2.46. The minimum absolute atomic E-state index is 0.499. The maximum atomic E-state index is 5.75. The van der Waals surface area contributed by atoms with E-state index < -0.39 is 0 Å². The van der Waals surface area contributed by atoms with Crippen LogP contribution in [0.5, 0.6) is 5.75 Å². The second-order valence-electron chi connectivity index (χ2n) is 9.41. The number of piperazine rings is 1. The van der Waals surface area contributed by atoms with Crippen molar-refractivity contribution in [1.29, 1.82) is 0 Å². The van der Waals surface area contributed by atoms with Crippen molar-refractivity contribution in [3.63, 3.8) is 0 Å². The molecule has 3 heterocycles. The quantitative estimate of drug-likeness (QED) is 0.313. The topological polar surface area (TPSA) is 76.8 Å².